The van der Waals surface area contributed by atoms with Crippen LogP contribution in [0.15, 0.2) is 42.6 Å². The van der Waals surface area contributed by atoms with Gasteiger partial charge in [0.05, 0.1) is 11.9 Å². The highest BCUT2D eigenvalue weighted by Crippen LogP contribution is 2.36. The third-order valence-corrected chi connectivity index (χ3v) is 6.41. The molecule has 0 aliphatic carbocycles. The number of fused-ring (bicyclic) bond motifs is 1. The van der Waals surface area contributed by atoms with Crippen molar-refractivity contribution in [3.8, 4) is 22.4 Å². The summed E-state index contributed by atoms with van der Waals surface area (Å²) in [7, 11) is 1.93. The molecule has 2 aromatic carbocycles. The largest absolute Gasteiger partial charge is 0.322 e. The highest BCUT2D eigenvalue weighted by atomic mass is 16.2. The minimum Gasteiger partial charge on any atom is -0.322 e. The van der Waals surface area contributed by atoms with Crippen molar-refractivity contribution in [1.82, 2.24) is 20.0 Å². The SMILES string of the molecule is Cc1ccc(-c2c(-c3ccc4c(c3)CN(C3CCC(=O)NC3=O)C4=O)cnn2C)c(C)c1. The van der Waals surface area contributed by atoms with Crippen molar-refractivity contribution in [2.75, 3.05) is 0 Å². The number of hydrogen-bond acceptors (Lipinski definition) is 4. The summed E-state index contributed by atoms with van der Waals surface area (Å²) in [6.07, 6.45) is 2.46. The number of benzene rings is 2. The number of aryl methyl sites for hydroxylation is 3. The summed E-state index contributed by atoms with van der Waals surface area (Å²) in [5.41, 5.74) is 7.98. The molecule has 0 bridgehead atoms. The standard InChI is InChI=1S/C25H24N4O3/c1-14-4-6-18(15(2)10-14)23-20(12-26-28(23)3)16-5-7-19-17(11-16)13-29(25(19)32)21-8-9-22(30)27-24(21)31/h4-7,10-12,21H,8-9,13H2,1-3H3,(H,27,30,31). The zero-order valence-electron chi connectivity index (χ0n) is 18.3. The summed E-state index contributed by atoms with van der Waals surface area (Å²) in [4.78, 5) is 38.3. The van der Waals surface area contributed by atoms with E-state index in [0.29, 0.717) is 18.5 Å². The number of aromatic nitrogens is 2. The Morgan fingerprint density at radius 2 is 1.78 bits per heavy atom. The van der Waals surface area contributed by atoms with Gasteiger partial charge in [-0.05, 0) is 49.1 Å². The monoisotopic (exact) mass is 428 g/mol. The van der Waals surface area contributed by atoms with Crippen molar-refractivity contribution in [2.24, 2.45) is 7.05 Å². The molecule has 0 saturated carbocycles. The summed E-state index contributed by atoms with van der Waals surface area (Å²) in [5.74, 6) is -0.845. The average Bonchev–Trinajstić information content (AvgIpc) is 3.28. The van der Waals surface area contributed by atoms with Gasteiger partial charge in [0.1, 0.15) is 6.04 Å². The van der Waals surface area contributed by atoms with Gasteiger partial charge in [-0.2, -0.15) is 5.10 Å². The number of amides is 3. The lowest BCUT2D eigenvalue weighted by Gasteiger charge is -2.29. The van der Waals surface area contributed by atoms with Gasteiger partial charge in [0.25, 0.3) is 5.91 Å². The number of hydrogen-bond donors (Lipinski definition) is 1. The van der Waals surface area contributed by atoms with Crippen LogP contribution in [0.2, 0.25) is 0 Å². The molecule has 7 nitrogen and oxygen atoms in total. The lowest BCUT2D eigenvalue weighted by atomic mass is 9.95. The summed E-state index contributed by atoms with van der Waals surface area (Å²) in [6.45, 7) is 4.53. The molecule has 5 rings (SSSR count). The van der Waals surface area contributed by atoms with Crippen LogP contribution in [0.25, 0.3) is 22.4 Å². The first-order valence-corrected chi connectivity index (χ1v) is 10.7. The molecule has 32 heavy (non-hydrogen) atoms. The third kappa shape index (κ3) is 3.21. The molecule has 1 unspecified atom stereocenters. The van der Waals surface area contributed by atoms with Crippen molar-refractivity contribution in [1.29, 1.82) is 0 Å². The van der Waals surface area contributed by atoms with Crippen molar-refractivity contribution in [3.63, 3.8) is 0 Å². The molecule has 3 heterocycles. The second-order valence-electron chi connectivity index (χ2n) is 8.62. The van der Waals surface area contributed by atoms with Crippen molar-refractivity contribution >= 4 is 17.7 Å². The molecule has 0 radical (unpaired) electrons. The van der Waals surface area contributed by atoms with E-state index in [4.69, 9.17) is 0 Å². The van der Waals surface area contributed by atoms with Gasteiger partial charge in [-0.15, -0.1) is 0 Å². The molecule has 2 aliphatic heterocycles. The Bertz CT molecular complexity index is 1290. The minimum atomic E-state index is -0.611. The highest BCUT2D eigenvalue weighted by Gasteiger charge is 2.39. The number of nitrogens with one attached hydrogen (secondary N) is 1. The van der Waals surface area contributed by atoms with Crippen molar-refractivity contribution < 1.29 is 14.4 Å². The lowest BCUT2D eigenvalue weighted by molar-refractivity contribution is -0.136. The number of nitrogens with zero attached hydrogens (tertiary/aromatic N) is 3. The van der Waals surface area contributed by atoms with Crippen LogP contribution < -0.4 is 5.32 Å². The van der Waals surface area contributed by atoms with E-state index in [1.165, 1.54) is 11.1 Å². The van der Waals surface area contributed by atoms with Gasteiger partial charge in [0.15, 0.2) is 0 Å². The first kappa shape index (κ1) is 20.2. The highest BCUT2D eigenvalue weighted by molar-refractivity contribution is 6.05. The molecule has 162 valence electrons. The Hall–Kier alpha value is -3.74. The molecule has 1 N–H and O–H groups in total. The molecule has 7 heteroatoms. The maximum atomic E-state index is 13.0. The van der Waals surface area contributed by atoms with Crippen molar-refractivity contribution in [3.05, 3.63) is 64.8 Å². The normalized spacial score (nSPS) is 18.2. The molecule has 3 aromatic rings. The topological polar surface area (TPSA) is 84.3 Å². The molecule has 1 fully saturated rings. The Labute approximate surface area is 186 Å². The summed E-state index contributed by atoms with van der Waals surface area (Å²) in [6, 6.07) is 11.5. The van der Waals surface area contributed by atoms with Gasteiger partial charge in [0, 0.05) is 36.7 Å². The predicted octanol–water partition coefficient (Wildman–Crippen LogP) is 3.13. The molecule has 2 aliphatic rings. The van der Waals surface area contributed by atoms with E-state index in [0.717, 1.165) is 27.9 Å². The first-order valence-electron chi connectivity index (χ1n) is 10.7. The molecular weight excluding hydrogens is 404 g/mol. The number of rotatable bonds is 3. The quantitative estimate of drug-likeness (QED) is 0.650. The van der Waals surface area contributed by atoms with Gasteiger partial charge in [-0.1, -0.05) is 29.8 Å². The van der Waals surface area contributed by atoms with E-state index in [1.807, 2.05) is 36.1 Å². The van der Waals surface area contributed by atoms with Crippen LogP contribution in [0, 0.1) is 13.8 Å². The third-order valence-electron chi connectivity index (χ3n) is 6.41. The number of carbonyl (C=O) groups excluding carboxylic acids is 3. The Kier molecular flexibility index (Phi) is 4.69. The number of imide groups is 1. The van der Waals surface area contributed by atoms with Gasteiger partial charge in [0.2, 0.25) is 11.8 Å². The van der Waals surface area contributed by atoms with Gasteiger partial charge >= 0.3 is 0 Å². The average molecular weight is 428 g/mol. The molecule has 1 aromatic heterocycles. The zero-order chi connectivity index (χ0) is 22.6. The molecule has 1 atom stereocenters. The molecule has 1 saturated heterocycles. The van der Waals surface area contributed by atoms with Crippen LogP contribution in [-0.2, 0) is 23.2 Å². The van der Waals surface area contributed by atoms with Gasteiger partial charge < -0.3 is 4.90 Å². The summed E-state index contributed by atoms with van der Waals surface area (Å²) < 4.78 is 1.88. The molecule has 3 amide bonds. The fraction of sp³-hybridized carbons (Fsp3) is 0.280. The van der Waals surface area contributed by atoms with E-state index in [-0.39, 0.29) is 18.2 Å². The Balaban J connectivity index is 1.51. The fourth-order valence-corrected chi connectivity index (χ4v) is 4.79. The molecular formula is C25H24N4O3. The lowest BCUT2D eigenvalue weighted by Crippen LogP contribution is -2.52. The van der Waals surface area contributed by atoms with Gasteiger partial charge in [-0.25, -0.2) is 0 Å². The van der Waals surface area contributed by atoms with Crippen LogP contribution in [0.1, 0.15) is 39.9 Å². The van der Waals surface area contributed by atoms with Crippen LogP contribution in [0.3, 0.4) is 0 Å². The van der Waals surface area contributed by atoms with E-state index >= 15 is 0 Å². The number of piperidine rings is 1. The fourth-order valence-electron chi connectivity index (χ4n) is 4.79. The zero-order valence-corrected chi connectivity index (χ0v) is 18.3. The Morgan fingerprint density at radius 1 is 1.00 bits per heavy atom. The number of carbonyl (C=O) groups is 3. The maximum absolute atomic E-state index is 13.0. The van der Waals surface area contributed by atoms with E-state index in [1.54, 1.807) is 4.90 Å². The summed E-state index contributed by atoms with van der Waals surface area (Å²) in [5, 5.41) is 6.85. The first-order chi connectivity index (χ1) is 15.3. The minimum absolute atomic E-state index is 0.165. The van der Waals surface area contributed by atoms with Gasteiger partial charge in [-0.3, -0.25) is 24.4 Å². The smallest absolute Gasteiger partial charge is 0.255 e. The van der Waals surface area contributed by atoms with E-state index < -0.39 is 11.9 Å². The van der Waals surface area contributed by atoms with E-state index in [9.17, 15) is 14.4 Å². The predicted molar refractivity (Wildman–Crippen MR) is 120 cm³/mol. The molecule has 0 spiro atoms. The van der Waals surface area contributed by atoms with Crippen LogP contribution >= 0.6 is 0 Å². The second kappa shape index (κ2) is 7.44. The van der Waals surface area contributed by atoms with Crippen LogP contribution in [-0.4, -0.2) is 38.4 Å². The maximum Gasteiger partial charge on any atom is 0.255 e. The Morgan fingerprint density at radius 3 is 2.53 bits per heavy atom. The van der Waals surface area contributed by atoms with Crippen LogP contribution in [0.5, 0.6) is 0 Å². The second-order valence-corrected chi connectivity index (χ2v) is 8.62. The van der Waals surface area contributed by atoms with Crippen molar-refractivity contribution in [2.45, 2.75) is 39.3 Å². The van der Waals surface area contributed by atoms with E-state index in [2.05, 4.69) is 42.5 Å². The van der Waals surface area contributed by atoms with Crippen LogP contribution in [0.4, 0.5) is 0 Å². The summed E-state index contributed by atoms with van der Waals surface area (Å²) >= 11 is 0.